The van der Waals surface area contributed by atoms with Crippen LogP contribution in [0.4, 0.5) is 5.69 Å². The second-order valence-corrected chi connectivity index (χ2v) is 8.10. The molecule has 0 aromatic heterocycles. The summed E-state index contributed by atoms with van der Waals surface area (Å²) >= 11 is 0. The maximum Gasteiger partial charge on any atom is 0.224 e. The summed E-state index contributed by atoms with van der Waals surface area (Å²) in [6.07, 6.45) is 2.42. The number of hydrogen-bond acceptors (Lipinski definition) is 4. The van der Waals surface area contributed by atoms with E-state index in [0.29, 0.717) is 26.1 Å². The van der Waals surface area contributed by atoms with Gasteiger partial charge in [0.1, 0.15) is 0 Å². The first kappa shape index (κ1) is 21.9. The van der Waals surface area contributed by atoms with Crippen LogP contribution in [0, 0.1) is 0 Å². The summed E-state index contributed by atoms with van der Waals surface area (Å²) in [4.78, 5) is 12.1. The average Bonchev–Trinajstić information content (AvgIpc) is 3.09. The van der Waals surface area contributed by atoms with Gasteiger partial charge >= 0.3 is 0 Å². The van der Waals surface area contributed by atoms with Crippen LogP contribution in [0.2, 0.25) is 0 Å². The largest absolute Gasteiger partial charge is 0.326 e. The Morgan fingerprint density at radius 2 is 1.88 bits per heavy atom. The maximum atomic E-state index is 12.1. The third-order valence-electron chi connectivity index (χ3n) is 4.12. The van der Waals surface area contributed by atoms with E-state index in [0.717, 1.165) is 30.6 Å². The third-order valence-corrected chi connectivity index (χ3v) is 6.08. The molecule has 25 heavy (non-hydrogen) atoms. The van der Waals surface area contributed by atoms with Gasteiger partial charge < -0.3 is 10.6 Å². The summed E-state index contributed by atoms with van der Waals surface area (Å²) in [7, 11) is -3.21. The molecule has 0 aliphatic carbocycles. The molecule has 2 rings (SSSR count). The van der Waals surface area contributed by atoms with E-state index < -0.39 is 10.0 Å². The van der Waals surface area contributed by atoms with Crippen LogP contribution in [0.1, 0.15) is 38.2 Å². The van der Waals surface area contributed by atoms with Gasteiger partial charge in [0.15, 0.2) is 0 Å². The highest BCUT2D eigenvalue weighted by Gasteiger charge is 2.24. The lowest BCUT2D eigenvalue weighted by atomic mass is 10.1. The van der Waals surface area contributed by atoms with Crippen molar-refractivity contribution in [1.29, 1.82) is 0 Å². The fourth-order valence-electron chi connectivity index (χ4n) is 2.78. The number of halogens is 1. The number of hydrogen-bond donors (Lipinski definition) is 2. The number of carbonyl (C=O) groups is 1. The molecule has 1 amide bonds. The van der Waals surface area contributed by atoms with Crippen molar-refractivity contribution in [3.63, 3.8) is 0 Å². The van der Waals surface area contributed by atoms with Crippen molar-refractivity contribution in [2.24, 2.45) is 0 Å². The molecule has 2 N–H and O–H groups in total. The summed E-state index contributed by atoms with van der Waals surface area (Å²) in [6, 6.07) is 7.65. The van der Waals surface area contributed by atoms with E-state index >= 15 is 0 Å². The smallest absolute Gasteiger partial charge is 0.224 e. The molecule has 8 heteroatoms. The molecule has 1 aromatic carbocycles. The second-order valence-electron chi connectivity index (χ2n) is 6.01. The molecule has 0 radical (unpaired) electrons. The van der Waals surface area contributed by atoms with Crippen molar-refractivity contribution >= 4 is 34.0 Å². The van der Waals surface area contributed by atoms with E-state index in [4.69, 9.17) is 0 Å². The molecule has 142 valence electrons. The number of anilines is 1. The molecular weight excluding hydrogens is 362 g/mol. The average molecular weight is 390 g/mol. The second kappa shape index (κ2) is 10.8. The van der Waals surface area contributed by atoms with Gasteiger partial charge in [-0.3, -0.25) is 4.79 Å². The molecule has 1 aliphatic heterocycles. The topological polar surface area (TPSA) is 78.5 Å². The molecular formula is C17H28ClN3O3S. The van der Waals surface area contributed by atoms with Gasteiger partial charge in [0.25, 0.3) is 0 Å². The summed E-state index contributed by atoms with van der Waals surface area (Å²) in [5.41, 5.74) is 1.81. The van der Waals surface area contributed by atoms with Crippen LogP contribution in [0.5, 0.6) is 0 Å². The van der Waals surface area contributed by atoms with Gasteiger partial charge in [-0.2, -0.15) is 0 Å². The van der Waals surface area contributed by atoms with E-state index in [1.807, 2.05) is 31.2 Å². The van der Waals surface area contributed by atoms with Crippen LogP contribution in [0.25, 0.3) is 0 Å². The summed E-state index contributed by atoms with van der Waals surface area (Å²) < 4.78 is 25.8. The van der Waals surface area contributed by atoms with Gasteiger partial charge in [0, 0.05) is 31.7 Å². The lowest BCUT2D eigenvalue weighted by molar-refractivity contribution is -0.116. The highest BCUT2D eigenvalue weighted by molar-refractivity contribution is 7.89. The highest BCUT2D eigenvalue weighted by atomic mass is 35.5. The lowest BCUT2D eigenvalue weighted by Crippen LogP contribution is -2.30. The minimum atomic E-state index is -3.21. The first-order valence-electron chi connectivity index (χ1n) is 8.59. The van der Waals surface area contributed by atoms with Crippen LogP contribution in [-0.4, -0.2) is 44.0 Å². The minimum absolute atomic E-state index is 0. The quantitative estimate of drug-likeness (QED) is 0.679. The number of nitrogens with one attached hydrogen (secondary N) is 2. The predicted molar refractivity (Wildman–Crippen MR) is 104 cm³/mol. The van der Waals surface area contributed by atoms with Crippen molar-refractivity contribution in [2.45, 2.75) is 39.2 Å². The van der Waals surface area contributed by atoms with Gasteiger partial charge in [-0.15, -0.1) is 12.4 Å². The van der Waals surface area contributed by atoms with Gasteiger partial charge in [0.05, 0.1) is 5.75 Å². The maximum absolute atomic E-state index is 12.1. The van der Waals surface area contributed by atoms with Crippen LogP contribution in [0.15, 0.2) is 24.3 Å². The number of nitrogens with zero attached hydrogens (tertiary/aromatic N) is 1. The Labute approximate surface area is 156 Å². The van der Waals surface area contributed by atoms with Crippen LogP contribution in [-0.2, 0) is 21.4 Å². The Balaban J connectivity index is 0.00000312. The van der Waals surface area contributed by atoms with Gasteiger partial charge in [-0.1, -0.05) is 25.1 Å². The Bertz CT molecular complexity index is 646. The summed E-state index contributed by atoms with van der Waals surface area (Å²) in [5, 5.41) is 6.12. The van der Waals surface area contributed by atoms with Crippen molar-refractivity contribution in [1.82, 2.24) is 9.62 Å². The molecule has 1 fully saturated rings. The molecule has 0 bridgehead atoms. The van der Waals surface area contributed by atoms with E-state index in [2.05, 4.69) is 10.6 Å². The van der Waals surface area contributed by atoms with Gasteiger partial charge in [-0.25, -0.2) is 12.7 Å². The number of benzene rings is 1. The van der Waals surface area contributed by atoms with E-state index in [1.165, 1.54) is 4.31 Å². The molecule has 0 saturated carbocycles. The number of sulfonamides is 1. The molecule has 1 heterocycles. The zero-order chi connectivity index (χ0) is 17.4. The van der Waals surface area contributed by atoms with E-state index in [9.17, 15) is 13.2 Å². The normalized spacial score (nSPS) is 14.9. The monoisotopic (exact) mass is 389 g/mol. The molecule has 0 spiro atoms. The Morgan fingerprint density at radius 1 is 1.20 bits per heavy atom. The highest BCUT2D eigenvalue weighted by Crippen LogP contribution is 2.17. The zero-order valence-corrected chi connectivity index (χ0v) is 16.3. The van der Waals surface area contributed by atoms with Crippen molar-refractivity contribution in [3.05, 3.63) is 29.8 Å². The molecule has 1 aromatic rings. The number of rotatable bonds is 9. The van der Waals surface area contributed by atoms with Gasteiger partial charge in [-0.05, 0) is 37.4 Å². The standard InChI is InChI=1S/C17H27N3O3S.ClH/c1-2-18-14-15-8-3-4-9-16(15)19-17(21)10-7-13-24(22,23)20-11-5-6-12-20;/h3-4,8-9,18H,2,5-7,10-14H2,1H3,(H,19,21);1H. The fraction of sp³-hybridized carbons (Fsp3) is 0.588. The van der Waals surface area contributed by atoms with Crippen LogP contribution in [0.3, 0.4) is 0 Å². The Morgan fingerprint density at radius 3 is 2.56 bits per heavy atom. The first-order valence-corrected chi connectivity index (χ1v) is 10.2. The van der Waals surface area contributed by atoms with Crippen molar-refractivity contribution in [3.8, 4) is 0 Å². The van der Waals surface area contributed by atoms with Crippen molar-refractivity contribution < 1.29 is 13.2 Å². The number of para-hydroxylation sites is 1. The zero-order valence-electron chi connectivity index (χ0n) is 14.7. The molecule has 1 saturated heterocycles. The van der Waals surface area contributed by atoms with E-state index in [-0.39, 0.29) is 30.5 Å². The third kappa shape index (κ3) is 6.93. The fourth-order valence-corrected chi connectivity index (χ4v) is 4.36. The Hall–Kier alpha value is -1.15. The molecule has 0 atom stereocenters. The van der Waals surface area contributed by atoms with E-state index in [1.54, 1.807) is 0 Å². The Kier molecular flexibility index (Phi) is 9.42. The summed E-state index contributed by atoms with van der Waals surface area (Å²) in [6.45, 7) is 4.81. The molecule has 1 aliphatic rings. The van der Waals surface area contributed by atoms with Gasteiger partial charge in [0.2, 0.25) is 15.9 Å². The van der Waals surface area contributed by atoms with Crippen LogP contribution >= 0.6 is 12.4 Å². The number of carbonyl (C=O) groups excluding carboxylic acids is 1. The first-order chi connectivity index (χ1) is 11.5. The number of amides is 1. The summed E-state index contributed by atoms with van der Waals surface area (Å²) in [5.74, 6) is -0.102. The minimum Gasteiger partial charge on any atom is -0.326 e. The SMILES string of the molecule is CCNCc1ccccc1NC(=O)CCCS(=O)(=O)N1CCCC1.Cl. The van der Waals surface area contributed by atoms with Crippen LogP contribution < -0.4 is 10.6 Å². The molecule has 6 nitrogen and oxygen atoms in total. The molecule has 0 unspecified atom stereocenters. The lowest BCUT2D eigenvalue weighted by Gasteiger charge is -2.15. The predicted octanol–water partition coefficient (Wildman–Crippen LogP) is 2.36. The van der Waals surface area contributed by atoms with Crippen molar-refractivity contribution in [2.75, 3.05) is 30.7 Å².